The molecular formula is C10H9N3O2S2. The number of nitro groups is 1. The molecule has 0 bridgehead atoms. The standard InChI is InChI=1S/C10H9N3O2S2/c1-2-16-10-12-11-9(17-10)7-3-5-8(6-4-7)13(14)15/h3-6H,2H2,1H3. The first-order valence-corrected chi connectivity index (χ1v) is 6.72. The summed E-state index contributed by atoms with van der Waals surface area (Å²) >= 11 is 3.13. The molecule has 2 rings (SSSR count). The molecule has 5 nitrogen and oxygen atoms in total. The van der Waals surface area contributed by atoms with Crippen LogP contribution in [-0.4, -0.2) is 20.9 Å². The lowest BCUT2D eigenvalue weighted by atomic mass is 10.2. The van der Waals surface area contributed by atoms with E-state index < -0.39 is 4.92 Å². The van der Waals surface area contributed by atoms with Gasteiger partial charge in [0.1, 0.15) is 5.01 Å². The maximum Gasteiger partial charge on any atom is 0.269 e. The lowest BCUT2D eigenvalue weighted by molar-refractivity contribution is -0.384. The molecule has 0 N–H and O–H groups in total. The number of hydrogen-bond acceptors (Lipinski definition) is 6. The molecule has 0 amide bonds. The molecule has 88 valence electrons. The molecular weight excluding hydrogens is 258 g/mol. The van der Waals surface area contributed by atoms with Gasteiger partial charge in [-0.3, -0.25) is 10.1 Å². The fraction of sp³-hybridized carbons (Fsp3) is 0.200. The molecule has 0 atom stereocenters. The van der Waals surface area contributed by atoms with Crippen LogP contribution in [0.5, 0.6) is 0 Å². The molecule has 0 aliphatic heterocycles. The Bertz CT molecular complexity index is 525. The summed E-state index contributed by atoms with van der Waals surface area (Å²) in [5.74, 6) is 0.953. The summed E-state index contributed by atoms with van der Waals surface area (Å²) in [6, 6.07) is 6.34. The zero-order valence-corrected chi connectivity index (χ0v) is 10.6. The molecule has 7 heteroatoms. The van der Waals surface area contributed by atoms with E-state index in [1.54, 1.807) is 23.9 Å². The molecule has 0 saturated carbocycles. The van der Waals surface area contributed by atoms with Gasteiger partial charge in [-0.15, -0.1) is 10.2 Å². The van der Waals surface area contributed by atoms with Gasteiger partial charge >= 0.3 is 0 Å². The molecule has 0 aliphatic carbocycles. The highest BCUT2D eigenvalue weighted by Crippen LogP contribution is 2.29. The summed E-state index contributed by atoms with van der Waals surface area (Å²) in [5.41, 5.74) is 0.942. The summed E-state index contributed by atoms with van der Waals surface area (Å²) in [5, 5.41) is 19.4. The van der Waals surface area contributed by atoms with E-state index in [0.717, 1.165) is 20.7 Å². The van der Waals surface area contributed by atoms with Gasteiger partial charge in [0.2, 0.25) is 0 Å². The number of thioether (sulfide) groups is 1. The monoisotopic (exact) mass is 267 g/mol. The predicted molar refractivity (Wildman–Crippen MR) is 68.4 cm³/mol. The van der Waals surface area contributed by atoms with Crippen molar-refractivity contribution in [1.29, 1.82) is 0 Å². The Labute approximate surface area is 106 Å². The summed E-state index contributed by atoms with van der Waals surface area (Å²) in [4.78, 5) is 10.1. The minimum absolute atomic E-state index is 0.0846. The van der Waals surface area contributed by atoms with Crippen molar-refractivity contribution in [2.24, 2.45) is 0 Å². The van der Waals surface area contributed by atoms with E-state index in [2.05, 4.69) is 17.1 Å². The van der Waals surface area contributed by atoms with Crippen LogP contribution in [0.25, 0.3) is 10.6 Å². The van der Waals surface area contributed by atoms with Crippen molar-refractivity contribution < 1.29 is 4.92 Å². The third-order valence-corrected chi connectivity index (χ3v) is 3.99. The quantitative estimate of drug-likeness (QED) is 0.483. The van der Waals surface area contributed by atoms with Crippen molar-refractivity contribution in [2.75, 3.05) is 5.75 Å². The fourth-order valence-corrected chi connectivity index (χ4v) is 2.99. The van der Waals surface area contributed by atoms with Gasteiger partial charge in [0, 0.05) is 17.7 Å². The number of hydrogen-bond donors (Lipinski definition) is 0. The molecule has 1 aromatic carbocycles. The molecule has 17 heavy (non-hydrogen) atoms. The highest BCUT2D eigenvalue weighted by molar-refractivity contribution is 8.01. The zero-order chi connectivity index (χ0) is 12.3. The third kappa shape index (κ3) is 2.80. The van der Waals surface area contributed by atoms with Crippen molar-refractivity contribution in [2.45, 2.75) is 11.3 Å². The molecule has 0 fully saturated rings. The van der Waals surface area contributed by atoms with Crippen molar-refractivity contribution in [1.82, 2.24) is 10.2 Å². The molecule has 1 aromatic heterocycles. The fourth-order valence-electron chi connectivity index (χ4n) is 1.23. The average molecular weight is 267 g/mol. The van der Waals surface area contributed by atoms with Crippen LogP contribution in [-0.2, 0) is 0 Å². The Morgan fingerprint density at radius 2 is 2.06 bits per heavy atom. The zero-order valence-electron chi connectivity index (χ0n) is 8.99. The Balaban J connectivity index is 2.23. The molecule has 1 heterocycles. The Morgan fingerprint density at radius 3 is 2.65 bits per heavy atom. The van der Waals surface area contributed by atoms with Gasteiger partial charge in [0.15, 0.2) is 4.34 Å². The van der Waals surface area contributed by atoms with Crippen LogP contribution < -0.4 is 0 Å². The van der Waals surface area contributed by atoms with Crippen LogP contribution in [0.2, 0.25) is 0 Å². The highest BCUT2D eigenvalue weighted by Gasteiger charge is 2.09. The number of benzene rings is 1. The summed E-state index contributed by atoms with van der Waals surface area (Å²) in [7, 11) is 0. The second kappa shape index (κ2) is 5.24. The molecule has 0 aliphatic rings. The lowest BCUT2D eigenvalue weighted by Gasteiger charge is -1.94. The number of nitrogens with zero attached hydrogens (tertiary/aromatic N) is 3. The van der Waals surface area contributed by atoms with E-state index in [1.165, 1.54) is 23.5 Å². The van der Waals surface area contributed by atoms with Gasteiger partial charge in [-0.05, 0) is 17.9 Å². The second-order valence-corrected chi connectivity index (χ2v) is 5.60. The Kier molecular flexibility index (Phi) is 3.70. The SMILES string of the molecule is CCSc1nnc(-c2ccc([N+](=O)[O-])cc2)s1. The van der Waals surface area contributed by atoms with Crippen LogP contribution in [0.1, 0.15) is 6.92 Å². The van der Waals surface area contributed by atoms with Gasteiger partial charge in [-0.2, -0.15) is 0 Å². The topological polar surface area (TPSA) is 68.9 Å². The molecule has 0 unspecified atom stereocenters. The van der Waals surface area contributed by atoms with E-state index in [-0.39, 0.29) is 5.69 Å². The van der Waals surface area contributed by atoms with E-state index in [0.29, 0.717) is 0 Å². The lowest BCUT2D eigenvalue weighted by Crippen LogP contribution is -1.86. The van der Waals surface area contributed by atoms with Crippen LogP contribution in [0.15, 0.2) is 28.6 Å². The first-order valence-electron chi connectivity index (χ1n) is 4.92. The van der Waals surface area contributed by atoms with Crippen molar-refractivity contribution in [3.8, 4) is 10.6 Å². The first kappa shape index (κ1) is 12.0. The molecule has 0 saturated heterocycles. The van der Waals surface area contributed by atoms with E-state index >= 15 is 0 Å². The van der Waals surface area contributed by atoms with E-state index in [1.807, 2.05) is 0 Å². The smallest absolute Gasteiger partial charge is 0.258 e. The number of rotatable bonds is 4. The second-order valence-electron chi connectivity index (χ2n) is 3.11. The van der Waals surface area contributed by atoms with Crippen molar-refractivity contribution in [3.05, 3.63) is 34.4 Å². The van der Waals surface area contributed by atoms with E-state index in [4.69, 9.17) is 0 Å². The normalized spacial score (nSPS) is 10.4. The maximum absolute atomic E-state index is 10.5. The highest BCUT2D eigenvalue weighted by atomic mass is 32.2. The Morgan fingerprint density at radius 1 is 1.35 bits per heavy atom. The molecule has 2 aromatic rings. The molecule has 0 spiro atoms. The van der Waals surface area contributed by atoms with Crippen molar-refractivity contribution >= 4 is 28.8 Å². The number of non-ortho nitro benzene ring substituents is 1. The van der Waals surface area contributed by atoms with Gasteiger partial charge < -0.3 is 0 Å². The minimum Gasteiger partial charge on any atom is -0.258 e. The average Bonchev–Trinajstić information content (AvgIpc) is 2.78. The van der Waals surface area contributed by atoms with Gasteiger partial charge in [0.05, 0.1) is 4.92 Å². The molecule has 0 radical (unpaired) electrons. The third-order valence-electron chi connectivity index (χ3n) is 2.00. The summed E-state index contributed by atoms with van der Waals surface area (Å²) in [6.45, 7) is 2.05. The Hall–Kier alpha value is -1.47. The predicted octanol–water partition coefficient (Wildman–Crippen LogP) is 3.23. The van der Waals surface area contributed by atoms with Crippen LogP contribution in [0, 0.1) is 10.1 Å². The van der Waals surface area contributed by atoms with Crippen LogP contribution in [0.4, 0.5) is 5.69 Å². The maximum atomic E-state index is 10.5. The van der Waals surface area contributed by atoms with Gasteiger partial charge in [-0.1, -0.05) is 30.0 Å². The van der Waals surface area contributed by atoms with Crippen LogP contribution >= 0.6 is 23.1 Å². The minimum atomic E-state index is -0.414. The first-order chi connectivity index (χ1) is 8.20. The number of aromatic nitrogens is 2. The summed E-state index contributed by atoms with van der Waals surface area (Å²) in [6.07, 6.45) is 0. The van der Waals surface area contributed by atoms with Crippen LogP contribution in [0.3, 0.4) is 0 Å². The van der Waals surface area contributed by atoms with E-state index in [9.17, 15) is 10.1 Å². The largest absolute Gasteiger partial charge is 0.269 e. The number of nitro benzene ring substituents is 1. The van der Waals surface area contributed by atoms with Gasteiger partial charge in [-0.25, -0.2) is 0 Å². The van der Waals surface area contributed by atoms with Crippen molar-refractivity contribution in [3.63, 3.8) is 0 Å². The van der Waals surface area contributed by atoms with Gasteiger partial charge in [0.25, 0.3) is 5.69 Å². The summed E-state index contributed by atoms with van der Waals surface area (Å²) < 4.78 is 0.917.